The van der Waals surface area contributed by atoms with Gasteiger partial charge in [0.05, 0.1) is 5.84 Å². The summed E-state index contributed by atoms with van der Waals surface area (Å²) in [5.41, 5.74) is 5.33. The number of hydrogen-bond acceptors (Lipinski definition) is 2. The van der Waals surface area contributed by atoms with E-state index in [4.69, 9.17) is 11.1 Å². The molecule has 0 aliphatic carbocycles. The standard InChI is InChI=1S/C13H27N3/c1-11(2)12-6-9-16(10-7-12)8-4-3-5-13(14)15/h11-12H,3-10H2,1-2H3,(H3,14,15). The normalized spacial score (nSPS) is 19.2. The van der Waals surface area contributed by atoms with Crippen LogP contribution in [-0.2, 0) is 0 Å². The maximum Gasteiger partial charge on any atom is 0.0905 e. The van der Waals surface area contributed by atoms with Crippen LogP contribution in [0, 0.1) is 17.2 Å². The van der Waals surface area contributed by atoms with Crippen LogP contribution in [0.1, 0.15) is 46.0 Å². The van der Waals surface area contributed by atoms with Gasteiger partial charge in [-0.05, 0) is 57.2 Å². The van der Waals surface area contributed by atoms with Crippen LogP contribution in [0.3, 0.4) is 0 Å². The third kappa shape index (κ3) is 4.97. The van der Waals surface area contributed by atoms with Crippen molar-refractivity contribution < 1.29 is 0 Å². The van der Waals surface area contributed by atoms with E-state index in [1.54, 1.807) is 0 Å². The number of unbranched alkanes of at least 4 members (excludes halogenated alkanes) is 1. The molecule has 1 aliphatic rings. The Hall–Kier alpha value is -0.570. The van der Waals surface area contributed by atoms with Gasteiger partial charge in [-0.2, -0.15) is 0 Å². The van der Waals surface area contributed by atoms with Gasteiger partial charge in [0.25, 0.3) is 0 Å². The van der Waals surface area contributed by atoms with Gasteiger partial charge < -0.3 is 10.6 Å². The van der Waals surface area contributed by atoms with Crippen LogP contribution < -0.4 is 5.73 Å². The monoisotopic (exact) mass is 225 g/mol. The molecule has 0 aromatic rings. The summed E-state index contributed by atoms with van der Waals surface area (Å²) in [5.74, 6) is 2.12. The van der Waals surface area contributed by atoms with Gasteiger partial charge in [-0.15, -0.1) is 0 Å². The van der Waals surface area contributed by atoms with E-state index in [0.29, 0.717) is 5.84 Å². The first-order valence-electron chi connectivity index (χ1n) is 6.65. The number of likely N-dealkylation sites (tertiary alicyclic amines) is 1. The molecule has 0 saturated carbocycles. The van der Waals surface area contributed by atoms with E-state index in [1.807, 2.05) is 0 Å². The summed E-state index contributed by atoms with van der Waals surface area (Å²) >= 11 is 0. The van der Waals surface area contributed by atoms with Gasteiger partial charge in [0.1, 0.15) is 0 Å². The summed E-state index contributed by atoms with van der Waals surface area (Å²) in [6.07, 6.45) is 5.75. The fourth-order valence-electron chi connectivity index (χ4n) is 2.49. The predicted molar refractivity (Wildman–Crippen MR) is 69.8 cm³/mol. The minimum Gasteiger partial charge on any atom is -0.388 e. The van der Waals surface area contributed by atoms with Crippen molar-refractivity contribution in [2.45, 2.75) is 46.0 Å². The van der Waals surface area contributed by atoms with Crippen LogP contribution in [-0.4, -0.2) is 30.4 Å². The van der Waals surface area contributed by atoms with Crippen molar-refractivity contribution in [2.75, 3.05) is 19.6 Å². The molecule has 1 aliphatic heterocycles. The highest BCUT2D eigenvalue weighted by atomic mass is 15.1. The summed E-state index contributed by atoms with van der Waals surface area (Å²) in [6, 6.07) is 0. The van der Waals surface area contributed by atoms with Crippen LogP contribution >= 0.6 is 0 Å². The third-order valence-electron chi connectivity index (χ3n) is 3.75. The second kappa shape index (κ2) is 6.89. The number of amidine groups is 1. The minimum atomic E-state index is 0.332. The number of rotatable bonds is 6. The summed E-state index contributed by atoms with van der Waals surface area (Å²) in [7, 11) is 0. The molecule has 3 heteroatoms. The van der Waals surface area contributed by atoms with E-state index in [-0.39, 0.29) is 0 Å². The fourth-order valence-corrected chi connectivity index (χ4v) is 2.49. The lowest BCUT2D eigenvalue weighted by molar-refractivity contribution is 0.156. The van der Waals surface area contributed by atoms with E-state index in [9.17, 15) is 0 Å². The van der Waals surface area contributed by atoms with Gasteiger partial charge in [0, 0.05) is 6.42 Å². The summed E-state index contributed by atoms with van der Waals surface area (Å²) in [5, 5.41) is 7.15. The maximum absolute atomic E-state index is 7.15. The Morgan fingerprint density at radius 3 is 2.44 bits per heavy atom. The second-order valence-electron chi connectivity index (χ2n) is 5.41. The molecule has 0 spiro atoms. The summed E-state index contributed by atoms with van der Waals surface area (Å²) in [6.45, 7) is 8.41. The largest absolute Gasteiger partial charge is 0.388 e. The van der Waals surface area contributed by atoms with Crippen molar-refractivity contribution in [1.82, 2.24) is 4.90 Å². The lowest BCUT2D eigenvalue weighted by Gasteiger charge is -2.33. The van der Waals surface area contributed by atoms with Crippen LogP contribution in [0.5, 0.6) is 0 Å². The first kappa shape index (κ1) is 13.5. The number of hydrogen-bond donors (Lipinski definition) is 2. The lowest BCUT2D eigenvalue weighted by Crippen LogP contribution is -2.35. The smallest absolute Gasteiger partial charge is 0.0905 e. The van der Waals surface area contributed by atoms with Crippen LogP contribution in [0.2, 0.25) is 0 Å². The zero-order chi connectivity index (χ0) is 12.0. The molecule has 94 valence electrons. The van der Waals surface area contributed by atoms with Crippen LogP contribution in [0.15, 0.2) is 0 Å². The van der Waals surface area contributed by atoms with Crippen molar-refractivity contribution >= 4 is 5.84 Å². The molecule has 0 atom stereocenters. The third-order valence-corrected chi connectivity index (χ3v) is 3.75. The van der Waals surface area contributed by atoms with E-state index in [0.717, 1.165) is 24.7 Å². The number of nitrogens with zero attached hydrogens (tertiary/aromatic N) is 1. The minimum absolute atomic E-state index is 0.332. The highest BCUT2D eigenvalue weighted by Crippen LogP contribution is 2.24. The Balaban J connectivity index is 2.06. The highest BCUT2D eigenvalue weighted by molar-refractivity contribution is 5.76. The molecule has 1 fully saturated rings. The van der Waals surface area contributed by atoms with Crippen molar-refractivity contribution in [3.8, 4) is 0 Å². The van der Waals surface area contributed by atoms with Gasteiger partial charge in [-0.3, -0.25) is 5.41 Å². The molecule has 1 saturated heterocycles. The number of nitrogens with two attached hydrogens (primary N) is 1. The predicted octanol–water partition coefficient (Wildman–Crippen LogP) is 2.46. The van der Waals surface area contributed by atoms with E-state index >= 15 is 0 Å². The average Bonchev–Trinajstić information content (AvgIpc) is 2.25. The molecular weight excluding hydrogens is 198 g/mol. The Labute approximate surface area is 99.9 Å². The molecule has 0 unspecified atom stereocenters. The van der Waals surface area contributed by atoms with E-state index < -0.39 is 0 Å². The van der Waals surface area contributed by atoms with E-state index in [1.165, 1.54) is 38.9 Å². The van der Waals surface area contributed by atoms with Gasteiger partial charge in [0.15, 0.2) is 0 Å². The molecule has 0 amide bonds. The van der Waals surface area contributed by atoms with Crippen molar-refractivity contribution in [1.29, 1.82) is 5.41 Å². The summed E-state index contributed by atoms with van der Waals surface area (Å²) in [4.78, 5) is 2.57. The lowest BCUT2D eigenvalue weighted by atomic mass is 9.87. The SMILES string of the molecule is CC(C)C1CCN(CCCCC(=N)N)CC1. The first-order valence-corrected chi connectivity index (χ1v) is 6.65. The molecule has 16 heavy (non-hydrogen) atoms. The molecular formula is C13H27N3. The maximum atomic E-state index is 7.15. The zero-order valence-corrected chi connectivity index (χ0v) is 10.8. The first-order chi connectivity index (χ1) is 7.59. The molecule has 3 N–H and O–H groups in total. The van der Waals surface area contributed by atoms with Gasteiger partial charge in [0.2, 0.25) is 0 Å². The van der Waals surface area contributed by atoms with Crippen molar-refractivity contribution in [3.05, 3.63) is 0 Å². The molecule has 1 rings (SSSR count). The van der Waals surface area contributed by atoms with E-state index in [2.05, 4.69) is 18.7 Å². The number of nitrogens with one attached hydrogen (secondary N) is 1. The average molecular weight is 225 g/mol. The molecule has 3 nitrogen and oxygen atoms in total. The Kier molecular flexibility index (Phi) is 5.81. The molecule has 1 heterocycles. The van der Waals surface area contributed by atoms with Crippen molar-refractivity contribution in [3.63, 3.8) is 0 Å². The van der Waals surface area contributed by atoms with Crippen LogP contribution in [0.4, 0.5) is 0 Å². The molecule has 0 aromatic heterocycles. The topological polar surface area (TPSA) is 53.1 Å². The molecule has 0 bridgehead atoms. The van der Waals surface area contributed by atoms with Gasteiger partial charge >= 0.3 is 0 Å². The number of piperidine rings is 1. The zero-order valence-electron chi connectivity index (χ0n) is 10.8. The highest BCUT2D eigenvalue weighted by Gasteiger charge is 2.20. The van der Waals surface area contributed by atoms with Gasteiger partial charge in [-0.1, -0.05) is 13.8 Å². The second-order valence-corrected chi connectivity index (χ2v) is 5.41. The quantitative estimate of drug-likeness (QED) is 0.414. The molecule has 0 aromatic carbocycles. The summed E-state index contributed by atoms with van der Waals surface area (Å²) < 4.78 is 0. The van der Waals surface area contributed by atoms with Crippen LogP contribution in [0.25, 0.3) is 0 Å². The van der Waals surface area contributed by atoms with Crippen molar-refractivity contribution in [2.24, 2.45) is 17.6 Å². The van der Waals surface area contributed by atoms with Gasteiger partial charge in [-0.25, -0.2) is 0 Å². The Bertz CT molecular complexity index is 205. The molecule has 0 radical (unpaired) electrons. The Morgan fingerprint density at radius 2 is 1.94 bits per heavy atom. The Morgan fingerprint density at radius 1 is 1.31 bits per heavy atom. The fraction of sp³-hybridized carbons (Fsp3) is 0.923.